The molecule has 2 aromatic carbocycles. The van der Waals surface area contributed by atoms with Gasteiger partial charge in [-0.05, 0) is 38.1 Å². The second kappa shape index (κ2) is 16.3. The first-order valence-corrected chi connectivity index (χ1v) is 13.5. The number of carbonyl (C=O) groups is 3. The van der Waals surface area contributed by atoms with Crippen LogP contribution in [0.2, 0.25) is 0 Å². The number of carboxylic acids is 2. The Kier molecular flexibility index (Phi) is 13.2. The number of aliphatic hydroxyl groups is 1. The third-order valence-corrected chi connectivity index (χ3v) is 6.63. The van der Waals surface area contributed by atoms with Crippen LogP contribution in [-0.2, 0) is 19.2 Å². The standard InChI is InChI=1S/C25H35N3O6.C4H4O4/c1-18(29)27(22-12-6-7-13-24(22)34-28(31)32)17-25(2,3)26-15-20(30)16-33-23-14-8-10-19-9-4-5-11-21(19)23;5-3(6)1-2-4(7)8/h4-5,8-11,14,20,22,24,26,30H,6-7,12-13,15-17H2,1-3H3;1-2H,(H,5,6)(H,7,8). The molecule has 0 aliphatic heterocycles. The highest BCUT2D eigenvalue weighted by Crippen LogP contribution is 2.28. The van der Waals surface area contributed by atoms with Gasteiger partial charge in [-0.15, -0.1) is 10.1 Å². The molecular weight excluding hydrogens is 550 g/mol. The first kappa shape index (κ1) is 34.0. The first-order valence-electron chi connectivity index (χ1n) is 13.5. The number of carbonyl (C=O) groups excluding carboxylic acids is 1. The number of ether oxygens (including phenoxy) is 1. The number of nitrogens with zero attached hydrogens (tertiary/aromatic N) is 2. The lowest BCUT2D eigenvalue weighted by Crippen LogP contribution is -2.58. The van der Waals surface area contributed by atoms with Gasteiger partial charge in [0.05, 0.1) is 6.04 Å². The van der Waals surface area contributed by atoms with Gasteiger partial charge in [-0.25, -0.2) is 9.59 Å². The summed E-state index contributed by atoms with van der Waals surface area (Å²) in [5.74, 6) is -1.95. The molecule has 0 heterocycles. The quantitative estimate of drug-likeness (QED) is 0.153. The third kappa shape index (κ3) is 11.7. The Hall–Kier alpha value is -4.23. The van der Waals surface area contributed by atoms with Crippen molar-refractivity contribution in [2.45, 2.75) is 70.2 Å². The fourth-order valence-corrected chi connectivity index (χ4v) is 4.71. The Morgan fingerprint density at radius 2 is 1.71 bits per heavy atom. The van der Waals surface area contributed by atoms with E-state index in [1.165, 1.54) is 6.92 Å². The van der Waals surface area contributed by atoms with Crippen LogP contribution in [0.4, 0.5) is 0 Å². The second-order valence-electron chi connectivity index (χ2n) is 10.6. The molecule has 0 spiro atoms. The van der Waals surface area contributed by atoms with Crippen molar-refractivity contribution in [2.24, 2.45) is 0 Å². The Bertz CT molecular complexity index is 1230. The average molecular weight is 590 g/mol. The molecule has 0 bridgehead atoms. The van der Waals surface area contributed by atoms with Crippen molar-refractivity contribution in [3.63, 3.8) is 0 Å². The number of hydrogen-bond donors (Lipinski definition) is 4. The molecule has 3 atom stereocenters. The monoisotopic (exact) mass is 589 g/mol. The minimum Gasteiger partial charge on any atom is -0.490 e. The molecule has 1 aliphatic carbocycles. The highest BCUT2D eigenvalue weighted by Gasteiger charge is 2.36. The van der Waals surface area contributed by atoms with Crippen molar-refractivity contribution in [2.75, 3.05) is 19.7 Å². The molecule has 13 heteroatoms. The zero-order chi connectivity index (χ0) is 31.3. The summed E-state index contributed by atoms with van der Waals surface area (Å²) in [6.45, 7) is 6.07. The van der Waals surface area contributed by atoms with Crippen LogP contribution in [0.25, 0.3) is 10.8 Å². The van der Waals surface area contributed by atoms with Crippen molar-refractivity contribution in [1.29, 1.82) is 0 Å². The minimum absolute atomic E-state index is 0.120. The fraction of sp³-hybridized carbons (Fsp3) is 0.483. The number of hydrogen-bond acceptors (Lipinski definition) is 9. The lowest BCUT2D eigenvalue weighted by atomic mass is 9.90. The predicted octanol–water partition coefficient (Wildman–Crippen LogP) is 3.03. The van der Waals surface area contributed by atoms with E-state index in [-0.39, 0.29) is 25.1 Å². The lowest BCUT2D eigenvalue weighted by molar-refractivity contribution is -0.770. The number of aliphatic carboxylic acids is 2. The molecule has 13 nitrogen and oxygen atoms in total. The zero-order valence-electron chi connectivity index (χ0n) is 24.0. The molecule has 3 rings (SSSR count). The number of benzene rings is 2. The van der Waals surface area contributed by atoms with Gasteiger partial charge in [0.2, 0.25) is 5.91 Å². The topological polar surface area (TPSA) is 189 Å². The van der Waals surface area contributed by atoms with Gasteiger partial charge in [-0.2, -0.15) is 0 Å². The van der Waals surface area contributed by atoms with E-state index < -0.39 is 34.8 Å². The van der Waals surface area contributed by atoms with Gasteiger partial charge in [0, 0.05) is 43.1 Å². The largest absolute Gasteiger partial charge is 0.490 e. The van der Waals surface area contributed by atoms with Gasteiger partial charge in [0.25, 0.3) is 5.09 Å². The summed E-state index contributed by atoms with van der Waals surface area (Å²) in [5.41, 5.74) is -0.539. The number of amides is 1. The van der Waals surface area contributed by atoms with Gasteiger partial charge in [0.1, 0.15) is 24.6 Å². The van der Waals surface area contributed by atoms with Crippen molar-refractivity contribution in [3.8, 4) is 5.75 Å². The molecule has 1 fully saturated rings. The van der Waals surface area contributed by atoms with E-state index >= 15 is 0 Å². The van der Waals surface area contributed by atoms with Crippen molar-refractivity contribution >= 4 is 28.6 Å². The molecule has 4 N–H and O–H groups in total. The number of β-amino-alcohol motifs (C(OH)–C–C–N with tert-alkyl or cyclic N) is 1. The molecular formula is C29H39N3O10. The molecule has 0 radical (unpaired) electrons. The summed E-state index contributed by atoms with van der Waals surface area (Å²) >= 11 is 0. The summed E-state index contributed by atoms with van der Waals surface area (Å²) in [4.78, 5) is 49.1. The molecule has 1 amide bonds. The molecule has 1 saturated carbocycles. The van der Waals surface area contributed by atoms with Crippen LogP contribution in [0.1, 0.15) is 46.5 Å². The van der Waals surface area contributed by atoms with Crippen LogP contribution in [0.3, 0.4) is 0 Å². The summed E-state index contributed by atoms with van der Waals surface area (Å²) in [5, 5.41) is 41.7. The first-order chi connectivity index (χ1) is 19.8. The van der Waals surface area contributed by atoms with E-state index in [0.717, 1.165) is 23.6 Å². The molecule has 230 valence electrons. The number of nitrogens with one attached hydrogen (secondary N) is 1. The highest BCUT2D eigenvalue weighted by molar-refractivity contribution is 5.89. The molecule has 42 heavy (non-hydrogen) atoms. The van der Waals surface area contributed by atoms with Crippen molar-refractivity contribution in [3.05, 3.63) is 64.7 Å². The summed E-state index contributed by atoms with van der Waals surface area (Å²) in [7, 11) is 0. The molecule has 0 saturated heterocycles. The fourth-order valence-electron chi connectivity index (χ4n) is 4.71. The molecule has 1 aliphatic rings. The number of rotatable bonds is 13. The summed E-state index contributed by atoms with van der Waals surface area (Å²) < 4.78 is 5.88. The zero-order valence-corrected chi connectivity index (χ0v) is 24.0. The van der Waals surface area contributed by atoms with Crippen LogP contribution < -0.4 is 10.1 Å². The van der Waals surface area contributed by atoms with E-state index in [1.54, 1.807) is 4.90 Å². The smallest absolute Gasteiger partial charge is 0.328 e. The van der Waals surface area contributed by atoms with Crippen molar-refractivity contribution in [1.82, 2.24) is 10.2 Å². The average Bonchev–Trinajstić information content (AvgIpc) is 2.93. The number of fused-ring (bicyclic) bond motifs is 1. The van der Waals surface area contributed by atoms with Crippen LogP contribution in [0, 0.1) is 10.1 Å². The van der Waals surface area contributed by atoms with Crippen molar-refractivity contribution < 1.29 is 44.4 Å². The number of aliphatic hydroxyl groups excluding tert-OH is 1. The van der Waals surface area contributed by atoms with E-state index in [4.69, 9.17) is 19.8 Å². The number of carboxylic acid groups (broad SMARTS) is 2. The third-order valence-electron chi connectivity index (χ3n) is 6.63. The maximum Gasteiger partial charge on any atom is 0.328 e. The Morgan fingerprint density at radius 3 is 2.33 bits per heavy atom. The van der Waals surface area contributed by atoms with Gasteiger partial charge in [-0.3, -0.25) is 4.79 Å². The van der Waals surface area contributed by atoms with E-state index in [2.05, 4.69) is 5.32 Å². The predicted molar refractivity (Wildman–Crippen MR) is 153 cm³/mol. The molecule has 0 aromatic heterocycles. The van der Waals surface area contributed by atoms with E-state index in [1.807, 2.05) is 56.3 Å². The SMILES string of the molecule is CC(=O)N(CC(C)(C)NCC(O)COc1cccc2ccccc12)C1CCCCC1O[N+](=O)[O-].O=C(O)C=CC(=O)O. The Labute approximate surface area is 243 Å². The molecule has 3 unspecified atom stereocenters. The van der Waals surface area contributed by atoms with E-state index in [9.17, 15) is 29.6 Å². The Morgan fingerprint density at radius 1 is 1.10 bits per heavy atom. The maximum absolute atomic E-state index is 12.5. The van der Waals surface area contributed by atoms with E-state index in [0.29, 0.717) is 37.3 Å². The minimum atomic E-state index is -1.26. The lowest BCUT2D eigenvalue weighted by Gasteiger charge is -2.42. The Balaban J connectivity index is 0.000000675. The normalized spacial score (nSPS) is 17.5. The second-order valence-corrected chi connectivity index (χ2v) is 10.6. The van der Waals surface area contributed by atoms with Gasteiger partial charge in [0.15, 0.2) is 0 Å². The maximum atomic E-state index is 12.5. The summed E-state index contributed by atoms with van der Waals surface area (Å²) in [6, 6.07) is 13.4. The van der Waals surface area contributed by atoms with Gasteiger partial charge in [-0.1, -0.05) is 49.2 Å². The van der Waals surface area contributed by atoms with Gasteiger partial charge < -0.3 is 35.1 Å². The summed E-state index contributed by atoms with van der Waals surface area (Å²) in [6.07, 6.45) is 2.68. The van der Waals surface area contributed by atoms with Crippen LogP contribution in [-0.4, -0.2) is 86.6 Å². The van der Waals surface area contributed by atoms with Gasteiger partial charge >= 0.3 is 11.9 Å². The van der Waals surface area contributed by atoms with Crippen LogP contribution in [0.15, 0.2) is 54.6 Å². The molecule has 2 aromatic rings. The van der Waals surface area contributed by atoms with Crippen LogP contribution >= 0.6 is 0 Å². The van der Waals surface area contributed by atoms with Crippen LogP contribution in [0.5, 0.6) is 5.75 Å². The highest BCUT2D eigenvalue weighted by atomic mass is 17.0.